The van der Waals surface area contributed by atoms with Gasteiger partial charge in [-0.2, -0.15) is 0 Å². The van der Waals surface area contributed by atoms with E-state index in [1.807, 2.05) is 6.07 Å². The summed E-state index contributed by atoms with van der Waals surface area (Å²) in [7, 11) is 0. The molecule has 5 heteroatoms. The van der Waals surface area contributed by atoms with Crippen LogP contribution in [0.2, 0.25) is 0 Å². The van der Waals surface area contributed by atoms with Gasteiger partial charge < -0.3 is 19.7 Å². The fourth-order valence-corrected chi connectivity index (χ4v) is 1.92. The lowest BCUT2D eigenvalue weighted by molar-refractivity contribution is 0.0109. The molecule has 4 nitrogen and oxygen atoms in total. The predicted octanol–water partition coefficient (Wildman–Crippen LogP) is 2.50. The molecule has 0 aromatic heterocycles. The normalized spacial score (nSPS) is 12.4. The molecule has 0 bridgehead atoms. The molecule has 1 aromatic carbocycles. The predicted molar refractivity (Wildman–Crippen MR) is 77.3 cm³/mol. The third kappa shape index (κ3) is 6.38. The molecule has 1 atom stereocenters. The quantitative estimate of drug-likeness (QED) is 0.682. The maximum Gasteiger partial charge on any atom is 0.125 e. The molecule has 1 rings (SSSR count). The van der Waals surface area contributed by atoms with Crippen molar-refractivity contribution in [2.75, 3.05) is 19.8 Å². The summed E-state index contributed by atoms with van der Waals surface area (Å²) in [6.45, 7) is 3.07. The van der Waals surface area contributed by atoms with Gasteiger partial charge in [0.1, 0.15) is 18.5 Å². The Morgan fingerprint density at radius 1 is 1.32 bits per heavy atom. The molecule has 0 amide bonds. The lowest BCUT2D eigenvalue weighted by atomic mass is 10.2. The van der Waals surface area contributed by atoms with E-state index in [-0.39, 0.29) is 19.8 Å². The molecule has 0 aliphatic rings. The lowest BCUT2D eigenvalue weighted by Gasteiger charge is -2.14. The second-order valence-electron chi connectivity index (χ2n) is 4.30. The van der Waals surface area contributed by atoms with Crippen LogP contribution in [0.25, 0.3) is 0 Å². The summed E-state index contributed by atoms with van der Waals surface area (Å²) in [5, 5.41) is 18.9. The van der Waals surface area contributed by atoms with Gasteiger partial charge in [-0.3, -0.25) is 0 Å². The number of hydrogen-bond donors (Lipinski definition) is 2. The summed E-state index contributed by atoms with van der Waals surface area (Å²) in [5.74, 6) is 0.582. The molecule has 19 heavy (non-hydrogen) atoms. The average molecular weight is 333 g/mol. The van der Waals surface area contributed by atoms with Crippen molar-refractivity contribution < 1.29 is 19.7 Å². The summed E-state index contributed by atoms with van der Waals surface area (Å²) in [6, 6.07) is 5.39. The number of aliphatic hydroxyl groups is 2. The Labute approximate surface area is 122 Å². The lowest BCUT2D eigenvalue weighted by Crippen LogP contribution is -2.24. The summed E-state index contributed by atoms with van der Waals surface area (Å²) in [6.07, 6.45) is 1.41. The van der Waals surface area contributed by atoms with Crippen LogP contribution >= 0.6 is 15.9 Å². The minimum atomic E-state index is -0.660. The fraction of sp³-hybridized carbons (Fsp3) is 0.571. The van der Waals surface area contributed by atoms with E-state index in [9.17, 15) is 10.2 Å². The van der Waals surface area contributed by atoms with E-state index < -0.39 is 6.10 Å². The van der Waals surface area contributed by atoms with Crippen molar-refractivity contribution in [1.82, 2.24) is 0 Å². The van der Waals surface area contributed by atoms with Crippen LogP contribution < -0.4 is 4.74 Å². The molecular formula is C14H21BrO4. The number of rotatable bonds is 9. The number of benzene rings is 1. The Morgan fingerprint density at radius 3 is 2.79 bits per heavy atom. The zero-order valence-corrected chi connectivity index (χ0v) is 12.7. The van der Waals surface area contributed by atoms with Crippen molar-refractivity contribution in [3.63, 3.8) is 0 Å². The van der Waals surface area contributed by atoms with Crippen LogP contribution in [-0.2, 0) is 11.3 Å². The van der Waals surface area contributed by atoms with Crippen molar-refractivity contribution in [3.8, 4) is 5.75 Å². The highest BCUT2D eigenvalue weighted by Gasteiger charge is 2.08. The standard InChI is InChI=1S/C14H21BrO4/c1-2-3-6-18-9-13(17)10-19-14-5-4-12(15)7-11(14)8-16/h4-5,7,13,16-17H,2-3,6,8-10H2,1H3. The first kappa shape index (κ1) is 16.4. The van der Waals surface area contributed by atoms with Gasteiger partial charge in [-0.1, -0.05) is 29.3 Å². The molecule has 0 spiro atoms. The van der Waals surface area contributed by atoms with Crippen molar-refractivity contribution in [1.29, 1.82) is 0 Å². The van der Waals surface area contributed by atoms with Crippen LogP contribution in [0.1, 0.15) is 25.3 Å². The topological polar surface area (TPSA) is 58.9 Å². The molecule has 0 aliphatic carbocycles. The van der Waals surface area contributed by atoms with Gasteiger partial charge in [0, 0.05) is 16.6 Å². The zero-order valence-electron chi connectivity index (χ0n) is 11.1. The van der Waals surface area contributed by atoms with Crippen LogP contribution in [0.4, 0.5) is 0 Å². The van der Waals surface area contributed by atoms with Gasteiger partial charge in [-0.05, 0) is 24.6 Å². The van der Waals surface area contributed by atoms with Gasteiger partial charge in [0.05, 0.1) is 13.2 Å². The molecule has 0 saturated carbocycles. The molecule has 1 aromatic rings. The highest BCUT2D eigenvalue weighted by atomic mass is 79.9. The Hall–Kier alpha value is -0.620. The molecule has 0 fully saturated rings. The summed E-state index contributed by atoms with van der Waals surface area (Å²) in [4.78, 5) is 0. The Balaban J connectivity index is 2.35. The van der Waals surface area contributed by atoms with Crippen molar-refractivity contribution in [2.45, 2.75) is 32.5 Å². The average Bonchev–Trinajstić information content (AvgIpc) is 2.42. The van der Waals surface area contributed by atoms with E-state index in [1.165, 1.54) is 0 Å². The monoisotopic (exact) mass is 332 g/mol. The summed E-state index contributed by atoms with van der Waals surface area (Å²) in [5.41, 5.74) is 0.688. The van der Waals surface area contributed by atoms with E-state index in [2.05, 4.69) is 22.9 Å². The number of aliphatic hydroxyl groups excluding tert-OH is 2. The molecule has 2 N–H and O–H groups in total. The van der Waals surface area contributed by atoms with Gasteiger partial charge >= 0.3 is 0 Å². The molecule has 0 heterocycles. The van der Waals surface area contributed by atoms with Crippen LogP contribution in [0.15, 0.2) is 22.7 Å². The maximum absolute atomic E-state index is 9.71. The fourth-order valence-electron chi connectivity index (χ4n) is 1.51. The largest absolute Gasteiger partial charge is 0.490 e. The smallest absolute Gasteiger partial charge is 0.125 e. The second kappa shape index (κ2) is 9.31. The molecule has 1 unspecified atom stereocenters. The first-order valence-corrected chi connectivity index (χ1v) is 7.24. The molecule has 108 valence electrons. The van der Waals surface area contributed by atoms with Gasteiger partial charge in [-0.25, -0.2) is 0 Å². The Kier molecular flexibility index (Phi) is 8.05. The summed E-state index contributed by atoms with van der Waals surface area (Å²) >= 11 is 3.33. The number of halogens is 1. The molecular weight excluding hydrogens is 312 g/mol. The zero-order chi connectivity index (χ0) is 14.1. The number of hydrogen-bond acceptors (Lipinski definition) is 4. The van der Waals surface area contributed by atoms with Crippen LogP contribution in [0.5, 0.6) is 5.75 Å². The van der Waals surface area contributed by atoms with Gasteiger partial charge in [-0.15, -0.1) is 0 Å². The van der Waals surface area contributed by atoms with E-state index >= 15 is 0 Å². The van der Waals surface area contributed by atoms with Gasteiger partial charge in [0.2, 0.25) is 0 Å². The highest BCUT2D eigenvalue weighted by molar-refractivity contribution is 9.10. The van der Waals surface area contributed by atoms with Crippen molar-refractivity contribution >= 4 is 15.9 Å². The van der Waals surface area contributed by atoms with E-state index in [4.69, 9.17) is 9.47 Å². The van der Waals surface area contributed by atoms with E-state index in [0.717, 1.165) is 17.3 Å². The third-order valence-electron chi connectivity index (χ3n) is 2.58. The Morgan fingerprint density at radius 2 is 2.11 bits per heavy atom. The van der Waals surface area contributed by atoms with Gasteiger partial charge in [0.15, 0.2) is 0 Å². The molecule has 0 saturated heterocycles. The third-order valence-corrected chi connectivity index (χ3v) is 3.07. The van der Waals surface area contributed by atoms with Crippen molar-refractivity contribution in [2.24, 2.45) is 0 Å². The Bertz CT molecular complexity index is 370. The first-order valence-electron chi connectivity index (χ1n) is 6.45. The number of ether oxygens (including phenoxy) is 2. The number of unbranched alkanes of at least 4 members (excludes halogenated alkanes) is 1. The maximum atomic E-state index is 9.71. The van der Waals surface area contributed by atoms with Gasteiger partial charge in [0.25, 0.3) is 0 Å². The van der Waals surface area contributed by atoms with Crippen molar-refractivity contribution in [3.05, 3.63) is 28.2 Å². The summed E-state index contributed by atoms with van der Waals surface area (Å²) < 4.78 is 11.7. The van der Waals surface area contributed by atoms with E-state index in [0.29, 0.717) is 17.9 Å². The first-order chi connectivity index (χ1) is 9.17. The van der Waals surface area contributed by atoms with E-state index in [1.54, 1.807) is 12.1 Å². The van der Waals surface area contributed by atoms with Crippen LogP contribution in [0.3, 0.4) is 0 Å². The highest BCUT2D eigenvalue weighted by Crippen LogP contribution is 2.23. The molecule has 0 aliphatic heterocycles. The minimum absolute atomic E-state index is 0.0993. The van der Waals surface area contributed by atoms with Crippen LogP contribution in [-0.4, -0.2) is 36.1 Å². The van der Waals surface area contributed by atoms with Crippen LogP contribution in [0, 0.1) is 0 Å². The second-order valence-corrected chi connectivity index (χ2v) is 5.22. The minimum Gasteiger partial charge on any atom is -0.490 e. The molecule has 0 radical (unpaired) electrons. The SMILES string of the molecule is CCCCOCC(O)COc1ccc(Br)cc1CO.